The zero-order chi connectivity index (χ0) is 20.3. The molecule has 1 amide bonds. The monoisotopic (exact) mass is 400 g/mol. The van der Waals surface area contributed by atoms with Gasteiger partial charge in [-0.1, -0.05) is 0 Å². The van der Waals surface area contributed by atoms with E-state index < -0.39 is 17.7 Å². The van der Waals surface area contributed by atoms with Gasteiger partial charge in [0.15, 0.2) is 0 Å². The lowest BCUT2D eigenvalue weighted by Crippen LogP contribution is -2.31. The molecule has 3 rings (SSSR count). The molecule has 1 unspecified atom stereocenters. The van der Waals surface area contributed by atoms with Crippen LogP contribution in [0, 0.1) is 6.92 Å². The van der Waals surface area contributed by atoms with Crippen LogP contribution in [-0.4, -0.2) is 45.9 Å². The molecule has 28 heavy (non-hydrogen) atoms. The summed E-state index contributed by atoms with van der Waals surface area (Å²) in [5.74, 6) is -1.41. The molecule has 0 bridgehead atoms. The number of hydrogen-bond acceptors (Lipinski definition) is 6. The Morgan fingerprint density at radius 2 is 2.00 bits per heavy atom. The van der Waals surface area contributed by atoms with Crippen molar-refractivity contribution in [3.63, 3.8) is 0 Å². The van der Waals surface area contributed by atoms with E-state index in [9.17, 15) is 14.7 Å². The van der Waals surface area contributed by atoms with Crippen LogP contribution in [0.4, 0.5) is 0 Å². The third-order valence-electron chi connectivity index (χ3n) is 4.64. The summed E-state index contributed by atoms with van der Waals surface area (Å²) in [7, 11) is 0. The van der Waals surface area contributed by atoms with E-state index in [1.54, 1.807) is 29.4 Å². The van der Waals surface area contributed by atoms with Crippen LogP contribution in [0.25, 0.3) is 5.76 Å². The molecule has 2 aromatic rings. The fourth-order valence-corrected chi connectivity index (χ4v) is 4.31. The molecule has 6 nitrogen and oxygen atoms in total. The van der Waals surface area contributed by atoms with E-state index in [1.807, 2.05) is 32.2 Å². The number of carbonyl (C=O) groups excluding carboxylic acids is 2. The van der Waals surface area contributed by atoms with Crippen LogP contribution in [-0.2, 0) is 14.3 Å². The zero-order valence-corrected chi connectivity index (χ0v) is 17.0. The number of aliphatic hydroxyl groups excluding tert-OH is 1. The quantitative estimate of drug-likeness (QED) is 0.332. The summed E-state index contributed by atoms with van der Waals surface area (Å²) in [6.07, 6.45) is 3.80. The summed E-state index contributed by atoms with van der Waals surface area (Å²) >= 11 is 1.48. The van der Waals surface area contributed by atoms with Gasteiger partial charge in [0, 0.05) is 36.0 Å². The largest absolute Gasteiger partial charge is 0.507 e. The van der Waals surface area contributed by atoms with Crippen LogP contribution < -0.4 is 0 Å². The van der Waals surface area contributed by atoms with Gasteiger partial charge in [0.2, 0.25) is 0 Å². The van der Waals surface area contributed by atoms with Crippen molar-refractivity contribution in [2.75, 3.05) is 13.2 Å². The van der Waals surface area contributed by atoms with Gasteiger partial charge >= 0.3 is 0 Å². The predicted octanol–water partition coefficient (Wildman–Crippen LogP) is 3.69. The highest BCUT2D eigenvalue weighted by Crippen LogP contribution is 2.42. The van der Waals surface area contributed by atoms with Crippen LogP contribution in [0.5, 0.6) is 0 Å². The molecule has 3 heterocycles. The molecule has 1 N–H and O–H groups in total. The van der Waals surface area contributed by atoms with Crippen LogP contribution in [0.15, 0.2) is 41.5 Å². The Morgan fingerprint density at radius 3 is 2.61 bits per heavy atom. The topological polar surface area (TPSA) is 79.7 Å². The molecular weight excluding hydrogens is 376 g/mol. The number of aromatic nitrogens is 1. The first kappa shape index (κ1) is 20.2. The van der Waals surface area contributed by atoms with Crippen LogP contribution in [0.1, 0.15) is 42.3 Å². The van der Waals surface area contributed by atoms with Crippen LogP contribution in [0.3, 0.4) is 0 Å². The number of thiophene rings is 1. The van der Waals surface area contributed by atoms with E-state index in [2.05, 4.69) is 4.98 Å². The van der Waals surface area contributed by atoms with E-state index in [0.29, 0.717) is 25.1 Å². The Bertz CT molecular complexity index is 889. The first-order valence-corrected chi connectivity index (χ1v) is 10.1. The number of pyridine rings is 1. The van der Waals surface area contributed by atoms with Crippen molar-refractivity contribution in [1.82, 2.24) is 9.88 Å². The van der Waals surface area contributed by atoms with Crippen molar-refractivity contribution in [2.24, 2.45) is 0 Å². The number of Topliss-reactive ketones (excluding diaryl/α,β-unsaturated/α-hetero) is 1. The molecule has 148 valence electrons. The number of ether oxygens (including phenoxy) is 1. The van der Waals surface area contributed by atoms with Gasteiger partial charge in [-0.3, -0.25) is 14.6 Å². The highest BCUT2D eigenvalue weighted by molar-refractivity contribution is 7.10. The van der Waals surface area contributed by atoms with Gasteiger partial charge in [0.1, 0.15) is 5.76 Å². The number of aryl methyl sites for hydroxylation is 1. The maximum absolute atomic E-state index is 12.8. The average molecular weight is 401 g/mol. The SMILES string of the molecule is Cc1ccsc1C1/C(=C(/O)c2ccncc2)C(=O)C(=O)N1CCCOC(C)C. The second kappa shape index (κ2) is 8.67. The number of carbonyl (C=O) groups is 2. The number of ketones is 1. The summed E-state index contributed by atoms with van der Waals surface area (Å²) in [4.78, 5) is 32.0. The highest BCUT2D eigenvalue weighted by Gasteiger charge is 2.46. The Labute approximate surface area is 168 Å². The number of nitrogens with zero attached hydrogens (tertiary/aromatic N) is 2. The minimum Gasteiger partial charge on any atom is -0.507 e. The maximum atomic E-state index is 12.8. The minimum atomic E-state index is -0.656. The molecule has 1 fully saturated rings. The molecule has 0 radical (unpaired) electrons. The Kier molecular flexibility index (Phi) is 6.26. The lowest BCUT2D eigenvalue weighted by molar-refractivity contribution is -0.140. The fourth-order valence-electron chi connectivity index (χ4n) is 3.27. The summed E-state index contributed by atoms with van der Waals surface area (Å²) in [6, 6.07) is 4.61. The molecular formula is C21H24N2O4S. The highest BCUT2D eigenvalue weighted by atomic mass is 32.1. The number of likely N-dealkylation sites (tertiary alicyclic amines) is 1. The fraction of sp³-hybridized carbons (Fsp3) is 0.381. The van der Waals surface area contributed by atoms with Crippen LogP contribution in [0.2, 0.25) is 0 Å². The number of aliphatic hydroxyl groups is 1. The van der Waals surface area contributed by atoms with Gasteiger partial charge in [-0.15, -0.1) is 11.3 Å². The number of rotatable bonds is 7. The standard InChI is InChI=1S/C21H24N2O4S/c1-13(2)27-11-4-10-23-17(20-14(3)7-12-28-20)16(19(25)21(23)26)18(24)15-5-8-22-9-6-15/h5-9,12-13,17,24H,4,10-11H2,1-3H3/b18-16-. The zero-order valence-electron chi connectivity index (χ0n) is 16.2. The molecule has 0 aromatic carbocycles. The van der Waals surface area contributed by atoms with E-state index >= 15 is 0 Å². The third-order valence-corrected chi connectivity index (χ3v) is 5.71. The molecule has 2 aromatic heterocycles. The van der Waals surface area contributed by atoms with E-state index in [-0.39, 0.29) is 17.4 Å². The number of amides is 1. The Hall–Kier alpha value is -2.51. The van der Waals surface area contributed by atoms with Crippen molar-refractivity contribution in [1.29, 1.82) is 0 Å². The second-order valence-electron chi connectivity index (χ2n) is 6.97. The smallest absolute Gasteiger partial charge is 0.295 e. The lowest BCUT2D eigenvalue weighted by atomic mass is 9.99. The molecule has 1 aliphatic rings. The Balaban J connectivity index is 2.00. The van der Waals surface area contributed by atoms with Gasteiger partial charge in [-0.2, -0.15) is 0 Å². The summed E-state index contributed by atoms with van der Waals surface area (Å²) in [6.45, 7) is 6.74. The van der Waals surface area contributed by atoms with Crippen molar-refractivity contribution in [3.8, 4) is 0 Å². The van der Waals surface area contributed by atoms with Gasteiger partial charge in [-0.05, 0) is 56.3 Å². The predicted molar refractivity (Wildman–Crippen MR) is 108 cm³/mol. The van der Waals surface area contributed by atoms with E-state index in [1.165, 1.54) is 11.3 Å². The van der Waals surface area contributed by atoms with Crippen molar-refractivity contribution >= 4 is 28.8 Å². The first-order valence-electron chi connectivity index (χ1n) is 9.26. The molecule has 0 aliphatic carbocycles. The third kappa shape index (κ3) is 4.00. The molecule has 7 heteroatoms. The molecule has 0 spiro atoms. The molecule has 1 atom stereocenters. The average Bonchev–Trinajstić information content (AvgIpc) is 3.20. The van der Waals surface area contributed by atoms with Crippen LogP contribution >= 0.6 is 11.3 Å². The van der Waals surface area contributed by atoms with Crippen molar-refractivity contribution in [3.05, 3.63) is 57.6 Å². The molecule has 0 saturated carbocycles. The maximum Gasteiger partial charge on any atom is 0.295 e. The van der Waals surface area contributed by atoms with Gasteiger partial charge in [-0.25, -0.2) is 0 Å². The first-order chi connectivity index (χ1) is 13.4. The summed E-state index contributed by atoms with van der Waals surface area (Å²) in [5.41, 5.74) is 1.59. The molecule has 1 aliphatic heterocycles. The Morgan fingerprint density at radius 1 is 1.29 bits per heavy atom. The summed E-state index contributed by atoms with van der Waals surface area (Å²) in [5, 5.41) is 12.8. The normalized spacial score (nSPS) is 19.0. The lowest BCUT2D eigenvalue weighted by Gasteiger charge is -2.25. The second-order valence-corrected chi connectivity index (χ2v) is 7.92. The minimum absolute atomic E-state index is 0.109. The van der Waals surface area contributed by atoms with Crippen molar-refractivity contribution < 1.29 is 19.4 Å². The van der Waals surface area contributed by atoms with E-state index in [0.717, 1.165) is 10.4 Å². The van der Waals surface area contributed by atoms with Gasteiger partial charge in [0.25, 0.3) is 11.7 Å². The van der Waals surface area contributed by atoms with Crippen molar-refractivity contribution in [2.45, 2.75) is 39.3 Å². The van der Waals surface area contributed by atoms with E-state index in [4.69, 9.17) is 4.74 Å². The number of hydrogen-bond donors (Lipinski definition) is 1. The van der Waals surface area contributed by atoms with Gasteiger partial charge in [0.05, 0.1) is 17.7 Å². The van der Waals surface area contributed by atoms with Gasteiger partial charge < -0.3 is 14.7 Å². The molecule has 1 saturated heterocycles. The summed E-state index contributed by atoms with van der Waals surface area (Å²) < 4.78 is 5.57.